The van der Waals surface area contributed by atoms with Crippen LogP contribution < -0.4 is 5.73 Å². The highest BCUT2D eigenvalue weighted by atomic mass is 35.5. The van der Waals surface area contributed by atoms with Crippen molar-refractivity contribution in [3.05, 3.63) is 58.4 Å². The quantitative estimate of drug-likeness (QED) is 0.822. The molecular weight excluding hydrogens is 249 g/mol. The summed E-state index contributed by atoms with van der Waals surface area (Å²) in [7, 11) is 0. The normalized spacial score (nSPS) is 17.8. The highest BCUT2D eigenvalue weighted by molar-refractivity contribution is 6.33. The number of hydrogen-bond acceptors (Lipinski definition) is 1. The van der Waals surface area contributed by atoms with Gasteiger partial charge in [-0.15, -0.1) is 0 Å². The summed E-state index contributed by atoms with van der Waals surface area (Å²) in [4.78, 5) is 0. The first kappa shape index (κ1) is 11.7. The number of rotatable bonds is 1. The lowest BCUT2D eigenvalue weighted by Gasteiger charge is -2.11. The number of fused-ring (bicyclic) bond motifs is 1. The van der Waals surface area contributed by atoms with E-state index in [1.54, 1.807) is 6.07 Å². The van der Waals surface area contributed by atoms with Gasteiger partial charge in [0.2, 0.25) is 0 Å². The predicted molar refractivity (Wildman–Crippen MR) is 72.1 cm³/mol. The Hall–Kier alpha value is -1.38. The summed E-state index contributed by atoms with van der Waals surface area (Å²) in [6.45, 7) is 0. The molecule has 2 N–H and O–H groups in total. The number of hydrogen-bond donors (Lipinski definition) is 1. The van der Waals surface area contributed by atoms with Crippen LogP contribution in [0.1, 0.15) is 23.6 Å². The summed E-state index contributed by atoms with van der Waals surface area (Å²) in [5, 5.41) is 0.448. The molecule has 0 saturated carbocycles. The largest absolute Gasteiger partial charge is 0.324 e. The second-order valence-corrected chi connectivity index (χ2v) is 5.05. The summed E-state index contributed by atoms with van der Waals surface area (Å²) < 4.78 is 13.1. The molecule has 2 aromatic rings. The Labute approximate surface area is 110 Å². The van der Waals surface area contributed by atoms with E-state index in [4.69, 9.17) is 17.3 Å². The molecule has 92 valence electrons. The maximum Gasteiger partial charge on any atom is 0.124 e. The lowest BCUT2D eigenvalue weighted by Crippen LogP contribution is -2.04. The highest BCUT2D eigenvalue weighted by Gasteiger charge is 2.22. The van der Waals surface area contributed by atoms with Crippen LogP contribution in [0.2, 0.25) is 5.02 Å². The van der Waals surface area contributed by atoms with Gasteiger partial charge in [-0.25, -0.2) is 4.39 Å². The Kier molecular flexibility index (Phi) is 2.84. The molecule has 1 unspecified atom stereocenters. The second kappa shape index (κ2) is 4.38. The molecule has 0 bridgehead atoms. The van der Waals surface area contributed by atoms with Crippen LogP contribution in [0.25, 0.3) is 11.1 Å². The molecule has 2 aromatic carbocycles. The van der Waals surface area contributed by atoms with Crippen LogP contribution in [-0.2, 0) is 6.42 Å². The van der Waals surface area contributed by atoms with E-state index in [0.717, 1.165) is 24.0 Å². The molecule has 3 rings (SSSR count). The summed E-state index contributed by atoms with van der Waals surface area (Å²) in [5.41, 5.74) is 10.5. The molecule has 0 aliphatic heterocycles. The minimum atomic E-state index is -0.312. The number of benzene rings is 2. The van der Waals surface area contributed by atoms with E-state index in [1.807, 2.05) is 12.1 Å². The van der Waals surface area contributed by atoms with Crippen molar-refractivity contribution >= 4 is 11.6 Å². The Morgan fingerprint density at radius 2 is 2.00 bits per heavy atom. The van der Waals surface area contributed by atoms with Gasteiger partial charge in [0, 0.05) is 11.6 Å². The molecular formula is C15H13ClFN. The van der Waals surface area contributed by atoms with E-state index in [1.165, 1.54) is 23.3 Å². The van der Waals surface area contributed by atoms with Crippen LogP contribution >= 0.6 is 11.6 Å². The minimum Gasteiger partial charge on any atom is -0.324 e. The van der Waals surface area contributed by atoms with Crippen molar-refractivity contribution in [3.8, 4) is 11.1 Å². The number of halogens is 2. The molecule has 18 heavy (non-hydrogen) atoms. The third kappa shape index (κ3) is 1.82. The lowest BCUT2D eigenvalue weighted by molar-refractivity contribution is 0.628. The summed E-state index contributed by atoms with van der Waals surface area (Å²) >= 11 is 6.13. The fraction of sp³-hybridized carbons (Fsp3) is 0.200. The molecule has 1 aliphatic carbocycles. The van der Waals surface area contributed by atoms with Crippen molar-refractivity contribution in [3.63, 3.8) is 0 Å². The van der Waals surface area contributed by atoms with E-state index in [2.05, 4.69) is 6.07 Å². The molecule has 1 atom stereocenters. The average Bonchev–Trinajstić information content (AvgIpc) is 2.72. The van der Waals surface area contributed by atoms with Gasteiger partial charge in [-0.3, -0.25) is 0 Å². The third-order valence-corrected chi connectivity index (χ3v) is 3.85. The summed E-state index contributed by atoms with van der Waals surface area (Å²) in [6, 6.07) is 10.7. The van der Waals surface area contributed by atoms with E-state index in [0.29, 0.717) is 5.02 Å². The Balaban J connectivity index is 2.19. The van der Waals surface area contributed by atoms with Gasteiger partial charge in [0.05, 0.1) is 5.02 Å². The molecule has 0 spiro atoms. The van der Waals surface area contributed by atoms with Crippen molar-refractivity contribution in [2.45, 2.75) is 18.9 Å². The molecule has 0 aromatic heterocycles. The molecule has 0 fully saturated rings. The van der Waals surface area contributed by atoms with Gasteiger partial charge in [0.15, 0.2) is 0 Å². The fourth-order valence-corrected chi connectivity index (χ4v) is 2.92. The Bertz CT molecular complexity index is 609. The fourth-order valence-electron chi connectivity index (χ4n) is 2.65. The Morgan fingerprint density at radius 3 is 2.78 bits per heavy atom. The smallest absolute Gasteiger partial charge is 0.124 e. The van der Waals surface area contributed by atoms with Crippen LogP contribution in [0.3, 0.4) is 0 Å². The van der Waals surface area contributed by atoms with Gasteiger partial charge >= 0.3 is 0 Å². The van der Waals surface area contributed by atoms with Crippen molar-refractivity contribution < 1.29 is 4.39 Å². The average molecular weight is 262 g/mol. The van der Waals surface area contributed by atoms with Gasteiger partial charge in [0.25, 0.3) is 0 Å². The zero-order valence-electron chi connectivity index (χ0n) is 9.79. The minimum absolute atomic E-state index is 0.110. The predicted octanol–water partition coefficient (Wildman–Crippen LogP) is 4.09. The Morgan fingerprint density at radius 1 is 1.17 bits per heavy atom. The topological polar surface area (TPSA) is 26.0 Å². The van der Waals surface area contributed by atoms with E-state index < -0.39 is 0 Å². The number of nitrogens with two attached hydrogens (primary N) is 1. The zero-order chi connectivity index (χ0) is 12.7. The summed E-state index contributed by atoms with van der Waals surface area (Å²) in [6.07, 6.45) is 1.92. The van der Waals surface area contributed by atoms with E-state index in [9.17, 15) is 4.39 Å². The molecule has 0 heterocycles. The first-order chi connectivity index (χ1) is 8.66. The maximum atomic E-state index is 13.1. The zero-order valence-corrected chi connectivity index (χ0v) is 10.5. The van der Waals surface area contributed by atoms with Gasteiger partial charge in [-0.2, -0.15) is 0 Å². The SMILES string of the molecule is NC1CCc2c(-c3ccc(F)cc3Cl)cccc21. The molecule has 1 nitrogen and oxygen atoms in total. The van der Waals surface area contributed by atoms with Crippen LogP contribution in [-0.4, -0.2) is 0 Å². The standard InChI is InChI=1S/C15H13ClFN/c16-14-8-9(17)4-5-12(14)10-2-1-3-13-11(10)6-7-15(13)18/h1-5,8,15H,6-7,18H2. The van der Waals surface area contributed by atoms with Crippen LogP contribution in [0, 0.1) is 5.82 Å². The first-order valence-electron chi connectivity index (χ1n) is 5.99. The first-order valence-corrected chi connectivity index (χ1v) is 6.37. The van der Waals surface area contributed by atoms with Crippen LogP contribution in [0.15, 0.2) is 36.4 Å². The molecule has 3 heteroatoms. The van der Waals surface area contributed by atoms with E-state index >= 15 is 0 Å². The third-order valence-electron chi connectivity index (χ3n) is 3.54. The van der Waals surface area contributed by atoms with Gasteiger partial charge in [-0.05, 0) is 47.7 Å². The van der Waals surface area contributed by atoms with Crippen LogP contribution in [0.4, 0.5) is 4.39 Å². The van der Waals surface area contributed by atoms with Crippen molar-refractivity contribution in [1.82, 2.24) is 0 Å². The van der Waals surface area contributed by atoms with Crippen molar-refractivity contribution in [2.75, 3.05) is 0 Å². The highest BCUT2D eigenvalue weighted by Crippen LogP contribution is 2.38. The molecule has 0 radical (unpaired) electrons. The second-order valence-electron chi connectivity index (χ2n) is 4.64. The van der Waals surface area contributed by atoms with Crippen molar-refractivity contribution in [1.29, 1.82) is 0 Å². The van der Waals surface area contributed by atoms with Gasteiger partial charge in [0.1, 0.15) is 5.82 Å². The molecule has 0 saturated heterocycles. The molecule has 0 amide bonds. The van der Waals surface area contributed by atoms with Gasteiger partial charge in [-0.1, -0.05) is 29.8 Å². The van der Waals surface area contributed by atoms with Crippen molar-refractivity contribution in [2.24, 2.45) is 5.73 Å². The maximum absolute atomic E-state index is 13.1. The van der Waals surface area contributed by atoms with Gasteiger partial charge < -0.3 is 5.73 Å². The monoisotopic (exact) mass is 261 g/mol. The summed E-state index contributed by atoms with van der Waals surface area (Å²) in [5.74, 6) is -0.312. The van der Waals surface area contributed by atoms with Crippen LogP contribution in [0.5, 0.6) is 0 Å². The molecule has 1 aliphatic rings. The lowest BCUT2D eigenvalue weighted by atomic mass is 9.96. The van der Waals surface area contributed by atoms with E-state index in [-0.39, 0.29) is 11.9 Å².